The van der Waals surface area contributed by atoms with Crippen LogP contribution < -0.4 is 15.6 Å². The first-order chi connectivity index (χ1) is 20.2. The third kappa shape index (κ3) is 6.24. The standard InChI is InChI=1S/C28H26Cl2N8O4S/c1-14-8-18(15(2)33-21-6-7-22(30)34-25(21)27(39)36-43(5,41)42)24-19(9-14)28(40)38(4)26(35-24)16-10-20(29)23(31-11-16)17-12-32-37(3)13-17/h6-13,15,33H,1-5H3,(H,36,39)/t15-/m1/s1. The lowest BCUT2D eigenvalue weighted by atomic mass is 10.0. The molecular weight excluding hydrogens is 615 g/mol. The lowest BCUT2D eigenvalue weighted by molar-refractivity contribution is 0.0977. The molecule has 0 aliphatic carbocycles. The molecule has 15 heteroatoms. The Morgan fingerprint density at radius 3 is 2.44 bits per heavy atom. The highest BCUT2D eigenvalue weighted by Crippen LogP contribution is 2.32. The fraction of sp³-hybridized carbons (Fsp3) is 0.214. The number of carbonyl (C=O) groups excluding carboxylic acids is 1. The lowest BCUT2D eigenvalue weighted by Crippen LogP contribution is -2.31. The molecule has 4 aromatic heterocycles. The van der Waals surface area contributed by atoms with Crippen LogP contribution in [0.15, 0.2) is 53.7 Å². The minimum absolute atomic E-state index is 0.00878. The van der Waals surface area contributed by atoms with Crippen LogP contribution in [0.5, 0.6) is 0 Å². The summed E-state index contributed by atoms with van der Waals surface area (Å²) in [4.78, 5) is 39.8. The quantitative estimate of drug-likeness (QED) is 0.248. The summed E-state index contributed by atoms with van der Waals surface area (Å²) in [7, 11) is -0.429. The Bertz CT molecular complexity index is 2090. The van der Waals surface area contributed by atoms with Crippen molar-refractivity contribution in [3.63, 3.8) is 0 Å². The van der Waals surface area contributed by atoms with E-state index in [1.54, 1.807) is 49.5 Å². The van der Waals surface area contributed by atoms with Crippen molar-refractivity contribution in [1.29, 1.82) is 0 Å². The predicted molar refractivity (Wildman–Crippen MR) is 166 cm³/mol. The molecule has 2 N–H and O–H groups in total. The van der Waals surface area contributed by atoms with Gasteiger partial charge in [0.25, 0.3) is 11.5 Å². The normalized spacial score (nSPS) is 12.3. The molecule has 0 bridgehead atoms. The molecule has 1 aromatic carbocycles. The van der Waals surface area contributed by atoms with E-state index in [1.165, 1.54) is 16.7 Å². The Kier molecular flexibility index (Phi) is 7.99. The maximum atomic E-state index is 13.6. The van der Waals surface area contributed by atoms with Gasteiger partial charge in [0, 0.05) is 43.2 Å². The average Bonchev–Trinajstić information content (AvgIpc) is 3.36. The van der Waals surface area contributed by atoms with Crippen LogP contribution in [0.25, 0.3) is 33.5 Å². The SMILES string of the molecule is Cc1cc([C@@H](C)Nc2ccc(Cl)nc2C(=O)NS(C)(=O)=O)c2nc(-c3cnc(-c4cnn(C)c4)c(Cl)c3)n(C)c(=O)c2c1. The molecule has 5 aromatic rings. The molecule has 1 atom stereocenters. The van der Waals surface area contributed by atoms with Crippen molar-refractivity contribution < 1.29 is 13.2 Å². The zero-order chi connectivity index (χ0) is 31.2. The molecule has 222 valence electrons. The smallest absolute Gasteiger partial charge is 0.285 e. The van der Waals surface area contributed by atoms with Crippen LogP contribution in [0, 0.1) is 6.92 Å². The molecule has 0 saturated heterocycles. The Morgan fingerprint density at radius 2 is 1.79 bits per heavy atom. The van der Waals surface area contributed by atoms with Crippen LogP contribution in [0.3, 0.4) is 0 Å². The van der Waals surface area contributed by atoms with Crippen molar-refractivity contribution in [2.45, 2.75) is 19.9 Å². The van der Waals surface area contributed by atoms with E-state index >= 15 is 0 Å². The third-order valence-corrected chi connectivity index (χ3v) is 7.68. The molecule has 0 radical (unpaired) electrons. The van der Waals surface area contributed by atoms with Crippen LogP contribution in [-0.4, -0.2) is 49.9 Å². The predicted octanol–water partition coefficient (Wildman–Crippen LogP) is 4.27. The highest BCUT2D eigenvalue weighted by Gasteiger charge is 2.22. The second kappa shape index (κ2) is 11.4. The van der Waals surface area contributed by atoms with Crippen molar-refractivity contribution in [1.82, 2.24) is 34.0 Å². The van der Waals surface area contributed by atoms with Gasteiger partial charge in [0.15, 0.2) is 5.69 Å². The lowest BCUT2D eigenvalue weighted by Gasteiger charge is -2.20. The minimum Gasteiger partial charge on any atom is -0.377 e. The molecule has 1 amide bonds. The number of aromatic nitrogens is 6. The number of carbonyl (C=O) groups is 1. The molecule has 0 aliphatic rings. The maximum absolute atomic E-state index is 13.6. The summed E-state index contributed by atoms with van der Waals surface area (Å²) < 4.78 is 28.4. The van der Waals surface area contributed by atoms with Crippen LogP contribution in [0.4, 0.5) is 5.69 Å². The number of hydrogen-bond acceptors (Lipinski definition) is 9. The number of hydrogen-bond donors (Lipinski definition) is 2. The van der Waals surface area contributed by atoms with Crippen LogP contribution in [-0.2, 0) is 24.1 Å². The van der Waals surface area contributed by atoms with E-state index in [2.05, 4.69) is 20.4 Å². The summed E-state index contributed by atoms with van der Waals surface area (Å²) in [6, 6.07) is 7.82. The average molecular weight is 642 g/mol. The molecule has 0 saturated carbocycles. The van der Waals surface area contributed by atoms with E-state index in [-0.39, 0.29) is 22.1 Å². The molecular formula is C28H26Cl2N8O4S. The van der Waals surface area contributed by atoms with Gasteiger partial charge in [0.05, 0.1) is 45.8 Å². The highest BCUT2D eigenvalue weighted by molar-refractivity contribution is 7.89. The summed E-state index contributed by atoms with van der Waals surface area (Å²) in [5.41, 5.74) is 3.49. The van der Waals surface area contributed by atoms with Crippen molar-refractivity contribution in [2.75, 3.05) is 11.6 Å². The van der Waals surface area contributed by atoms with Crippen LogP contribution >= 0.6 is 23.2 Å². The van der Waals surface area contributed by atoms with E-state index in [0.29, 0.717) is 38.6 Å². The number of rotatable bonds is 7. The van der Waals surface area contributed by atoms with Gasteiger partial charge in [-0.15, -0.1) is 0 Å². The van der Waals surface area contributed by atoms with Gasteiger partial charge in [0.2, 0.25) is 10.0 Å². The molecule has 5 rings (SSSR count). The summed E-state index contributed by atoms with van der Waals surface area (Å²) in [5, 5.41) is 8.14. The van der Waals surface area contributed by atoms with Gasteiger partial charge in [0.1, 0.15) is 11.0 Å². The number of anilines is 1. The van der Waals surface area contributed by atoms with E-state index in [1.807, 2.05) is 24.6 Å². The van der Waals surface area contributed by atoms with Gasteiger partial charge in [-0.3, -0.25) is 23.8 Å². The zero-order valence-electron chi connectivity index (χ0n) is 23.7. The van der Waals surface area contributed by atoms with Gasteiger partial charge in [-0.2, -0.15) is 5.10 Å². The van der Waals surface area contributed by atoms with Gasteiger partial charge in [-0.05, 0) is 43.7 Å². The fourth-order valence-corrected chi connectivity index (χ4v) is 5.57. The zero-order valence-corrected chi connectivity index (χ0v) is 26.0. The fourth-order valence-electron chi connectivity index (χ4n) is 4.71. The molecule has 0 aliphatic heterocycles. The topological polar surface area (TPSA) is 154 Å². The van der Waals surface area contributed by atoms with Gasteiger partial charge in [-0.25, -0.2) is 23.1 Å². The van der Waals surface area contributed by atoms with E-state index < -0.39 is 22.0 Å². The number of fused-ring (bicyclic) bond motifs is 1. The number of nitrogens with one attached hydrogen (secondary N) is 2. The van der Waals surface area contributed by atoms with Crippen LogP contribution in [0.1, 0.15) is 34.6 Å². The van der Waals surface area contributed by atoms with E-state index in [4.69, 9.17) is 28.2 Å². The molecule has 43 heavy (non-hydrogen) atoms. The van der Waals surface area contributed by atoms with Crippen molar-refractivity contribution in [3.8, 4) is 22.6 Å². The first-order valence-corrected chi connectivity index (χ1v) is 15.5. The summed E-state index contributed by atoms with van der Waals surface area (Å²) in [6.07, 6.45) is 5.92. The number of nitrogens with zero attached hydrogens (tertiary/aromatic N) is 6. The van der Waals surface area contributed by atoms with Crippen molar-refractivity contribution >= 4 is 55.7 Å². The minimum atomic E-state index is -3.85. The molecule has 0 fully saturated rings. The third-order valence-electron chi connectivity index (χ3n) is 6.62. The number of benzene rings is 1. The monoisotopic (exact) mass is 640 g/mol. The van der Waals surface area contributed by atoms with Gasteiger partial charge >= 0.3 is 0 Å². The molecule has 12 nitrogen and oxygen atoms in total. The summed E-state index contributed by atoms with van der Waals surface area (Å²) in [5.74, 6) is -0.592. The first-order valence-electron chi connectivity index (χ1n) is 12.8. The molecule has 0 spiro atoms. The Labute approximate surface area is 256 Å². The molecule has 0 unspecified atom stereocenters. The van der Waals surface area contributed by atoms with Gasteiger partial charge < -0.3 is 5.32 Å². The van der Waals surface area contributed by atoms with Crippen molar-refractivity contribution in [2.24, 2.45) is 14.1 Å². The Balaban J connectivity index is 1.60. The number of aryl methyl sites for hydroxylation is 2. The Hall–Kier alpha value is -4.33. The summed E-state index contributed by atoms with van der Waals surface area (Å²) in [6.45, 7) is 3.68. The van der Waals surface area contributed by atoms with E-state index in [0.717, 1.165) is 17.4 Å². The second-order valence-corrected chi connectivity index (χ2v) is 12.6. The largest absolute Gasteiger partial charge is 0.377 e. The highest BCUT2D eigenvalue weighted by atomic mass is 35.5. The number of sulfonamides is 1. The number of amides is 1. The number of pyridine rings is 2. The second-order valence-electron chi connectivity index (χ2n) is 10.1. The Morgan fingerprint density at radius 1 is 1.05 bits per heavy atom. The van der Waals surface area contributed by atoms with Gasteiger partial charge in [-0.1, -0.05) is 29.3 Å². The maximum Gasteiger partial charge on any atom is 0.285 e. The first kappa shape index (κ1) is 30.1. The summed E-state index contributed by atoms with van der Waals surface area (Å²) >= 11 is 12.6. The van der Waals surface area contributed by atoms with Crippen molar-refractivity contribution in [3.05, 3.63) is 86.3 Å². The van der Waals surface area contributed by atoms with Crippen LogP contribution in [0.2, 0.25) is 10.2 Å². The molecule has 4 heterocycles. The van der Waals surface area contributed by atoms with E-state index in [9.17, 15) is 18.0 Å². The number of halogens is 2.